The monoisotopic (exact) mass is 461 g/mol. The normalized spacial score (nSPS) is 17.6. The quantitative estimate of drug-likeness (QED) is 0.714. The second-order valence-electron chi connectivity index (χ2n) is 8.90. The van der Waals surface area contributed by atoms with Crippen molar-refractivity contribution in [1.29, 1.82) is 0 Å². The lowest BCUT2D eigenvalue weighted by Gasteiger charge is -2.31. The largest absolute Gasteiger partial charge is 0.347 e. The number of sulfonamides is 1. The summed E-state index contributed by atoms with van der Waals surface area (Å²) in [6.45, 7) is 5.90. The molecule has 2 amide bonds. The van der Waals surface area contributed by atoms with Crippen molar-refractivity contribution in [3.8, 4) is 0 Å². The molecule has 1 aliphatic rings. The molecule has 0 aromatic heterocycles. The van der Waals surface area contributed by atoms with Crippen LogP contribution < -0.4 is 10.6 Å². The van der Waals surface area contributed by atoms with E-state index in [2.05, 4.69) is 10.6 Å². The fourth-order valence-electron chi connectivity index (χ4n) is 3.56. The Morgan fingerprint density at radius 2 is 1.72 bits per heavy atom. The van der Waals surface area contributed by atoms with Gasteiger partial charge >= 0.3 is 0 Å². The summed E-state index contributed by atoms with van der Waals surface area (Å²) in [4.78, 5) is 25.6. The van der Waals surface area contributed by atoms with Crippen LogP contribution in [0.5, 0.6) is 0 Å². The van der Waals surface area contributed by atoms with E-state index < -0.39 is 27.3 Å². The molecule has 1 heterocycles. The van der Waals surface area contributed by atoms with Gasteiger partial charge in [0.2, 0.25) is 15.9 Å². The predicted octanol–water partition coefficient (Wildman–Crippen LogP) is 3.39. The molecule has 1 aliphatic heterocycles. The summed E-state index contributed by atoms with van der Waals surface area (Å²) < 4.78 is 40.3. The zero-order chi connectivity index (χ0) is 23.5. The van der Waals surface area contributed by atoms with Gasteiger partial charge in [-0.05, 0) is 70.0 Å². The highest BCUT2D eigenvalue weighted by molar-refractivity contribution is 7.89. The molecular weight excluding hydrogens is 433 g/mol. The van der Waals surface area contributed by atoms with Crippen molar-refractivity contribution >= 4 is 27.5 Å². The molecule has 1 atom stereocenters. The van der Waals surface area contributed by atoms with Crippen LogP contribution >= 0.6 is 0 Å². The van der Waals surface area contributed by atoms with Gasteiger partial charge in [0, 0.05) is 18.6 Å². The van der Waals surface area contributed by atoms with E-state index in [1.165, 1.54) is 16.4 Å². The van der Waals surface area contributed by atoms with Gasteiger partial charge in [0.05, 0.1) is 22.1 Å². The first-order chi connectivity index (χ1) is 15.0. The number of amides is 2. The van der Waals surface area contributed by atoms with Crippen LogP contribution in [-0.2, 0) is 14.8 Å². The van der Waals surface area contributed by atoms with Crippen molar-refractivity contribution in [3.63, 3.8) is 0 Å². The summed E-state index contributed by atoms with van der Waals surface area (Å²) in [5, 5.41) is 5.67. The lowest BCUT2D eigenvalue weighted by atomic mass is 9.98. The van der Waals surface area contributed by atoms with Crippen LogP contribution in [-0.4, -0.2) is 43.2 Å². The van der Waals surface area contributed by atoms with Gasteiger partial charge in [0.1, 0.15) is 5.82 Å². The van der Waals surface area contributed by atoms with E-state index in [0.29, 0.717) is 24.1 Å². The third-order valence-corrected chi connectivity index (χ3v) is 7.00. The maximum absolute atomic E-state index is 13.2. The van der Waals surface area contributed by atoms with E-state index >= 15 is 0 Å². The van der Waals surface area contributed by atoms with E-state index in [1.54, 1.807) is 24.3 Å². The fourth-order valence-corrected chi connectivity index (χ4v) is 5.09. The van der Waals surface area contributed by atoms with Crippen molar-refractivity contribution in [1.82, 2.24) is 9.62 Å². The van der Waals surface area contributed by atoms with E-state index in [1.807, 2.05) is 20.8 Å². The molecule has 7 nitrogen and oxygen atoms in total. The number of carbonyl (C=O) groups excluding carboxylic acids is 2. The van der Waals surface area contributed by atoms with Crippen LogP contribution in [0.1, 0.15) is 44.0 Å². The summed E-state index contributed by atoms with van der Waals surface area (Å²) in [6.07, 6.45) is 1.04. The topological polar surface area (TPSA) is 95.6 Å². The number of nitrogens with zero attached hydrogens (tertiary/aromatic N) is 1. The lowest BCUT2D eigenvalue weighted by molar-refractivity contribution is -0.120. The third-order valence-electron chi connectivity index (χ3n) is 5.12. The van der Waals surface area contributed by atoms with Gasteiger partial charge in [0.25, 0.3) is 5.91 Å². The highest BCUT2D eigenvalue weighted by Gasteiger charge is 2.33. The minimum absolute atomic E-state index is 0.0100. The first kappa shape index (κ1) is 23.9. The van der Waals surface area contributed by atoms with Crippen LogP contribution in [0.15, 0.2) is 53.4 Å². The van der Waals surface area contributed by atoms with E-state index in [9.17, 15) is 22.4 Å². The molecule has 0 bridgehead atoms. The number of halogens is 1. The molecule has 172 valence electrons. The molecular formula is C23H28FN3O4S. The van der Waals surface area contributed by atoms with Gasteiger partial charge in [-0.25, -0.2) is 12.8 Å². The van der Waals surface area contributed by atoms with Crippen LogP contribution in [0.25, 0.3) is 0 Å². The van der Waals surface area contributed by atoms with Gasteiger partial charge in [-0.3, -0.25) is 9.59 Å². The Bertz CT molecular complexity index is 1090. The molecule has 0 radical (unpaired) electrons. The summed E-state index contributed by atoms with van der Waals surface area (Å²) in [6, 6.07) is 11.3. The lowest BCUT2D eigenvalue weighted by Crippen LogP contribution is -2.44. The molecule has 2 aromatic carbocycles. The van der Waals surface area contributed by atoms with Crippen LogP contribution in [0, 0.1) is 11.7 Å². The van der Waals surface area contributed by atoms with Gasteiger partial charge < -0.3 is 10.6 Å². The van der Waals surface area contributed by atoms with Gasteiger partial charge in [-0.2, -0.15) is 4.31 Å². The van der Waals surface area contributed by atoms with Crippen molar-refractivity contribution in [2.75, 3.05) is 18.4 Å². The Labute approximate surface area is 188 Å². The molecule has 2 N–H and O–H groups in total. The first-order valence-electron chi connectivity index (χ1n) is 10.5. The van der Waals surface area contributed by atoms with E-state index in [0.717, 1.165) is 12.1 Å². The third kappa shape index (κ3) is 5.72. The number of hydrogen-bond acceptors (Lipinski definition) is 4. The van der Waals surface area contributed by atoms with E-state index in [-0.39, 0.29) is 29.8 Å². The van der Waals surface area contributed by atoms with Gasteiger partial charge in [-0.1, -0.05) is 12.1 Å². The number of para-hydroxylation sites is 1. The minimum atomic E-state index is -3.84. The zero-order valence-electron chi connectivity index (χ0n) is 18.4. The maximum atomic E-state index is 13.2. The Hall–Kier alpha value is -2.78. The molecule has 2 aromatic rings. The molecule has 0 spiro atoms. The molecule has 1 fully saturated rings. The average Bonchev–Trinajstić information content (AvgIpc) is 2.73. The SMILES string of the molecule is CC(C)(C)NC(=O)c1ccccc1NC(=O)[C@@H]1CCCN(S(=O)(=O)c2ccc(F)cc2)C1. The van der Waals surface area contributed by atoms with E-state index in [4.69, 9.17) is 0 Å². The second kappa shape index (κ2) is 9.38. The second-order valence-corrected chi connectivity index (χ2v) is 10.8. The number of rotatable bonds is 5. The standard InChI is InChI=1S/C23H28FN3O4S/c1-23(2,3)26-22(29)19-8-4-5-9-20(19)25-21(28)16-7-6-14-27(15-16)32(30,31)18-12-10-17(24)11-13-18/h4-5,8-13,16H,6-7,14-15H2,1-3H3,(H,25,28)(H,26,29)/t16-/m1/s1. The van der Waals surface area contributed by atoms with Crippen LogP contribution in [0.2, 0.25) is 0 Å². The minimum Gasteiger partial charge on any atom is -0.347 e. The summed E-state index contributed by atoms with van der Waals surface area (Å²) in [5.41, 5.74) is 0.271. The smallest absolute Gasteiger partial charge is 0.253 e. The highest BCUT2D eigenvalue weighted by atomic mass is 32.2. The first-order valence-corrected chi connectivity index (χ1v) is 11.9. The summed E-state index contributed by atoms with van der Waals surface area (Å²) in [7, 11) is -3.84. The Balaban J connectivity index is 1.74. The van der Waals surface area contributed by atoms with Gasteiger partial charge in [0.15, 0.2) is 0 Å². The molecule has 9 heteroatoms. The maximum Gasteiger partial charge on any atom is 0.253 e. The van der Waals surface area contributed by atoms with Crippen molar-refractivity contribution in [3.05, 3.63) is 59.9 Å². The van der Waals surface area contributed by atoms with Crippen molar-refractivity contribution in [2.24, 2.45) is 5.92 Å². The predicted molar refractivity (Wildman–Crippen MR) is 120 cm³/mol. The zero-order valence-corrected chi connectivity index (χ0v) is 19.2. The van der Waals surface area contributed by atoms with Crippen molar-refractivity contribution in [2.45, 2.75) is 44.0 Å². The molecule has 0 saturated carbocycles. The summed E-state index contributed by atoms with van der Waals surface area (Å²) in [5.74, 6) is -1.75. The Morgan fingerprint density at radius 1 is 1.06 bits per heavy atom. The van der Waals surface area contributed by atoms with Crippen LogP contribution in [0.3, 0.4) is 0 Å². The number of piperidine rings is 1. The van der Waals surface area contributed by atoms with Crippen LogP contribution in [0.4, 0.5) is 10.1 Å². The molecule has 1 saturated heterocycles. The van der Waals surface area contributed by atoms with Gasteiger partial charge in [-0.15, -0.1) is 0 Å². The number of benzene rings is 2. The molecule has 0 aliphatic carbocycles. The molecule has 0 unspecified atom stereocenters. The highest BCUT2D eigenvalue weighted by Crippen LogP contribution is 2.26. The Morgan fingerprint density at radius 3 is 2.38 bits per heavy atom. The number of anilines is 1. The number of carbonyl (C=O) groups is 2. The fraction of sp³-hybridized carbons (Fsp3) is 0.391. The molecule has 32 heavy (non-hydrogen) atoms. The number of hydrogen-bond donors (Lipinski definition) is 2. The Kier molecular flexibility index (Phi) is 7.00. The average molecular weight is 462 g/mol. The summed E-state index contributed by atoms with van der Waals surface area (Å²) >= 11 is 0. The number of nitrogens with one attached hydrogen (secondary N) is 2. The van der Waals surface area contributed by atoms with Crippen molar-refractivity contribution < 1.29 is 22.4 Å². The molecule has 3 rings (SSSR count).